The van der Waals surface area contributed by atoms with Crippen molar-refractivity contribution in [2.45, 2.75) is 19.0 Å². The quantitative estimate of drug-likeness (QED) is 0.484. The fourth-order valence-corrected chi connectivity index (χ4v) is 2.38. The Labute approximate surface area is 82.6 Å². The number of carbonyl (C=O) groups is 1. The summed E-state index contributed by atoms with van der Waals surface area (Å²) in [6, 6.07) is -1.30. The van der Waals surface area contributed by atoms with Crippen molar-refractivity contribution in [2.24, 2.45) is 5.73 Å². The molecule has 14 heavy (non-hydrogen) atoms. The molecule has 6 nitrogen and oxygen atoms in total. The fraction of sp³-hybridized carbons (Fsp3) is 0.571. The number of nitrogens with two attached hydrogens (primary N) is 1. The zero-order valence-corrected chi connectivity index (χ0v) is 8.53. The molecule has 1 aliphatic heterocycles. The lowest BCUT2D eigenvalue weighted by molar-refractivity contribution is -0.140. The van der Waals surface area contributed by atoms with Gasteiger partial charge in [0.25, 0.3) is 5.91 Å². The van der Waals surface area contributed by atoms with Crippen LogP contribution in [0.4, 0.5) is 0 Å². The van der Waals surface area contributed by atoms with Crippen molar-refractivity contribution in [2.75, 3.05) is 6.61 Å². The molecule has 0 aromatic carbocycles. The monoisotopic (exact) mass is 220 g/mol. The fourth-order valence-electron chi connectivity index (χ4n) is 1.12. The number of hydrogen-bond donors (Lipinski definition) is 1. The number of amides is 1. The van der Waals surface area contributed by atoms with Crippen LogP contribution in [-0.2, 0) is 19.3 Å². The van der Waals surface area contributed by atoms with E-state index in [-0.39, 0.29) is 6.61 Å². The third kappa shape index (κ3) is 1.66. The molecule has 1 heterocycles. The number of β-lactam (4-membered cyclic amide) rings is 1. The maximum Gasteiger partial charge on any atom is 0.365 e. The molecule has 0 aliphatic carbocycles. The number of nitrogens with zero attached hydrogens (tertiary/aromatic N) is 1. The largest absolute Gasteiger partial charge is 0.365 e. The maximum atomic E-state index is 11.3. The summed E-state index contributed by atoms with van der Waals surface area (Å²) in [4.78, 5) is 11.1. The van der Waals surface area contributed by atoms with Gasteiger partial charge >= 0.3 is 10.3 Å². The minimum atomic E-state index is -3.98. The molecule has 1 saturated heterocycles. The van der Waals surface area contributed by atoms with Gasteiger partial charge in [0.2, 0.25) is 0 Å². The third-order valence-corrected chi connectivity index (χ3v) is 3.40. The molecule has 2 atom stereocenters. The van der Waals surface area contributed by atoms with Crippen LogP contribution in [0.3, 0.4) is 0 Å². The van der Waals surface area contributed by atoms with Gasteiger partial charge in [0, 0.05) is 0 Å². The van der Waals surface area contributed by atoms with E-state index in [9.17, 15) is 13.2 Å². The van der Waals surface area contributed by atoms with Crippen LogP contribution in [0.25, 0.3) is 0 Å². The Morgan fingerprint density at radius 1 is 1.71 bits per heavy atom. The van der Waals surface area contributed by atoms with Crippen LogP contribution < -0.4 is 5.73 Å². The second-order valence-corrected chi connectivity index (χ2v) is 4.42. The lowest BCUT2D eigenvalue weighted by Crippen LogP contribution is -2.68. The molecule has 1 rings (SSSR count). The third-order valence-electron chi connectivity index (χ3n) is 1.97. The molecule has 80 valence electrons. The Bertz CT molecular complexity index is 351. The highest BCUT2D eigenvalue weighted by Gasteiger charge is 2.49. The van der Waals surface area contributed by atoms with E-state index in [0.29, 0.717) is 4.31 Å². The minimum Gasteiger partial charge on any atom is -0.318 e. The maximum absolute atomic E-state index is 11.3. The van der Waals surface area contributed by atoms with E-state index in [1.807, 2.05) is 0 Å². The van der Waals surface area contributed by atoms with Gasteiger partial charge in [-0.3, -0.25) is 4.79 Å². The van der Waals surface area contributed by atoms with E-state index >= 15 is 0 Å². The van der Waals surface area contributed by atoms with E-state index in [1.54, 1.807) is 6.92 Å². The second-order valence-electron chi connectivity index (χ2n) is 2.93. The molecule has 7 heteroatoms. The van der Waals surface area contributed by atoms with E-state index < -0.39 is 28.3 Å². The van der Waals surface area contributed by atoms with Gasteiger partial charge in [-0.15, -0.1) is 6.58 Å². The predicted octanol–water partition coefficient (Wildman–Crippen LogP) is -1.01. The Kier molecular flexibility index (Phi) is 2.93. The molecule has 1 aliphatic rings. The van der Waals surface area contributed by atoms with E-state index in [0.717, 1.165) is 0 Å². The van der Waals surface area contributed by atoms with Gasteiger partial charge in [-0.25, -0.2) is 8.49 Å². The summed E-state index contributed by atoms with van der Waals surface area (Å²) in [7, 11) is -3.98. The lowest BCUT2D eigenvalue weighted by atomic mass is 10.0. The molecule has 0 aromatic heterocycles. The first-order valence-electron chi connectivity index (χ1n) is 4.01. The van der Waals surface area contributed by atoms with Crippen molar-refractivity contribution in [3.05, 3.63) is 12.7 Å². The number of rotatable bonds is 4. The number of carbonyl (C=O) groups excluding carboxylic acids is 1. The van der Waals surface area contributed by atoms with Crippen LogP contribution in [0.5, 0.6) is 0 Å². The summed E-state index contributed by atoms with van der Waals surface area (Å²) in [5, 5.41) is 0. The van der Waals surface area contributed by atoms with Gasteiger partial charge in [-0.1, -0.05) is 6.08 Å². The molecule has 0 spiro atoms. The van der Waals surface area contributed by atoms with Crippen molar-refractivity contribution in [3.63, 3.8) is 0 Å². The summed E-state index contributed by atoms with van der Waals surface area (Å²) >= 11 is 0. The van der Waals surface area contributed by atoms with Crippen molar-refractivity contribution in [3.8, 4) is 0 Å². The van der Waals surface area contributed by atoms with Gasteiger partial charge in [-0.05, 0) is 6.92 Å². The van der Waals surface area contributed by atoms with E-state index in [2.05, 4.69) is 10.8 Å². The Balaban J connectivity index is 2.75. The standard InChI is InChI=1S/C7H12N2O4S/c1-3-4-13-14(11,12)9-5(2)6(8)7(9)10/h3,5-6H,1,4,8H2,2H3. The average molecular weight is 220 g/mol. The summed E-state index contributed by atoms with van der Waals surface area (Å²) in [5.41, 5.74) is 5.35. The Morgan fingerprint density at radius 2 is 2.29 bits per heavy atom. The topological polar surface area (TPSA) is 89.7 Å². The molecule has 0 saturated carbocycles. The van der Waals surface area contributed by atoms with Crippen LogP contribution in [-0.4, -0.2) is 37.3 Å². The normalized spacial score (nSPS) is 27.3. The minimum absolute atomic E-state index is 0.159. The van der Waals surface area contributed by atoms with Crippen molar-refractivity contribution in [1.29, 1.82) is 0 Å². The van der Waals surface area contributed by atoms with E-state index in [1.165, 1.54) is 6.08 Å². The Hall–Kier alpha value is -0.920. The summed E-state index contributed by atoms with van der Waals surface area (Å²) in [5.74, 6) is -0.637. The van der Waals surface area contributed by atoms with Gasteiger partial charge in [0.05, 0.1) is 12.6 Å². The lowest BCUT2D eigenvalue weighted by Gasteiger charge is -2.40. The second kappa shape index (κ2) is 3.68. The van der Waals surface area contributed by atoms with Gasteiger partial charge in [0.1, 0.15) is 6.04 Å². The zero-order chi connectivity index (χ0) is 10.9. The van der Waals surface area contributed by atoms with Crippen LogP contribution in [0.2, 0.25) is 0 Å². The molecular formula is C7H12N2O4S. The molecule has 0 bridgehead atoms. The highest BCUT2D eigenvalue weighted by Crippen LogP contribution is 2.22. The first kappa shape index (κ1) is 11.2. The van der Waals surface area contributed by atoms with Crippen molar-refractivity contribution < 1.29 is 17.4 Å². The smallest absolute Gasteiger partial charge is 0.318 e. The molecular weight excluding hydrogens is 208 g/mol. The van der Waals surface area contributed by atoms with Crippen LogP contribution in [0, 0.1) is 0 Å². The Morgan fingerprint density at radius 3 is 2.71 bits per heavy atom. The zero-order valence-electron chi connectivity index (χ0n) is 7.71. The highest BCUT2D eigenvalue weighted by molar-refractivity contribution is 7.85. The molecule has 0 aromatic rings. The first-order valence-corrected chi connectivity index (χ1v) is 5.37. The molecule has 1 amide bonds. The van der Waals surface area contributed by atoms with Gasteiger partial charge in [-0.2, -0.15) is 8.42 Å². The molecule has 2 unspecified atom stereocenters. The van der Waals surface area contributed by atoms with Crippen molar-refractivity contribution in [1.82, 2.24) is 4.31 Å². The summed E-state index contributed by atoms with van der Waals surface area (Å²) in [6.45, 7) is 4.69. The average Bonchev–Trinajstić information content (AvgIpc) is 2.14. The molecule has 0 radical (unpaired) electrons. The summed E-state index contributed by atoms with van der Waals surface area (Å²) < 4.78 is 27.8. The molecule has 1 fully saturated rings. The first-order chi connectivity index (χ1) is 6.41. The SMILES string of the molecule is C=CCOS(=O)(=O)N1C(=O)C(N)C1C. The summed E-state index contributed by atoms with van der Waals surface area (Å²) in [6.07, 6.45) is 1.28. The molecule has 2 N–H and O–H groups in total. The van der Waals surface area contributed by atoms with Crippen LogP contribution in [0.15, 0.2) is 12.7 Å². The van der Waals surface area contributed by atoms with Crippen molar-refractivity contribution >= 4 is 16.2 Å². The van der Waals surface area contributed by atoms with Gasteiger partial charge < -0.3 is 5.73 Å². The predicted molar refractivity (Wildman–Crippen MR) is 49.4 cm³/mol. The highest BCUT2D eigenvalue weighted by atomic mass is 32.2. The van der Waals surface area contributed by atoms with Crippen LogP contribution in [0.1, 0.15) is 6.92 Å². The number of hydrogen-bond acceptors (Lipinski definition) is 5. The van der Waals surface area contributed by atoms with Gasteiger partial charge in [0.15, 0.2) is 0 Å². The van der Waals surface area contributed by atoms with Crippen LogP contribution >= 0.6 is 0 Å². The van der Waals surface area contributed by atoms with E-state index in [4.69, 9.17) is 5.73 Å².